The van der Waals surface area contributed by atoms with Gasteiger partial charge in [-0.05, 0) is 31.0 Å². The van der Waals surface area contributed by atoms with Crippen molar-refractivity contribution in [1.29, 1.82) is 0 Å². The minimum atomic E-state index is -0.116. The van der Waals surface area contributed by atoms with Gasteiger partial charge in [0.05, 0.1) is 5.69 Å². The molecule has 3 rings (SSSR count). The summed E-state index contributed by atoms with van der Waals surface area (Å²) in [6.07, 6.45) is 7.56. The molecule has 0 aromatic carbocycles. The highest BCUT2D eigenvalue weighted by molar-refractivity contribution is 7.17. The van der Waals surface area contributed by atoms with Crippen LogP contribution in [0, 0.1) is 6.92 Å². The Morgan fingerprint density at radius 1 is 1.19 bits per heavy atom. The van der Waals surface area contributed by atoms with Crippen molar-refractivity contribution in [2.45, 2.75) is 20.3 Å². The Morgan fingerprint density at radius 2 is 2.00 bits per heavy atom. The van der Waals surface area contributed by atoms with E-state index in [0.29, 0.717) is 35.2 Å². The highest BCUT2D eigenvalue weighted by atomic mass is 32.1. The second-order valence-electron chi connectivity index (χ2n) is 5.59. The van der Waals surface area contributed by atoms with Crippen molar-refractivity contribution in [2.75, 3.05) is 18.4 Å². The molecule has 8 heteroatoms. The van der Waals surface area contributed by atoms with Crippen LogP contribution >= 0.6 is 11.3 Å². The first-order valence-electron chi connectivity index (χ1n) is 8.38. The molecule has 0 saturated carbocycles. The van der Waals surface area contributed by atoms with Crippen LogP contribution < -0.4 is 10.6 Å². The lowest BCUT2D eigenvalue weighted by Crippen LogP contribution is -2.28. The molecule has 1 amide bonds. The molecule has 0 bridgehead atoms. The van der Waals surface area contributed by atoms with Crippen molar-refractivity contribution in [3.63, 3.8) is 0 Å². The average molecular weight is 368 g/mol. The van der Waals surface area contributed by atoms with Crippen molar-refractivity contribution in [3.05, 3.63) is 53.1 Å². The molecule has 0 aliphatic rings. The fraction of sp³-hybridized carbons (Fsp3) is 0.278. The van der Waals surface area contributed by atoms with Gasteiger partial charge >= 0.3 is 0 Å². The van der Waals surface area contributed by atoms with Gasteiger partial charge in [-0.1, -0.05) is 6.92 Å². The number of nitrogens with one attached hydrogen (secondary N) is 2. The lowest BCUT2D eigenvalue weighted by molar-refractivity contribution is 0.0958. The van der Waals surface area contributed by atoms with E-state index in [1.54, 1.807) is 30.9 Å². The fourth-order valence-electron chi connectivity index (χ4n) is 2.40. The largest absolute Gasteiger partial charge is 0.383 e. The quantitative estimate of drug-likeness (QED) is 0.623. The zero-order valence-electron chi connectivity index (χ0n) is 14.7. The van der Waals surface area contributed by atoms with Crippen LogP contribution in [-0.4, -0.2) is 38.9 Å². The molecule has 0 radical (unpaired) electrons. The van der Waals surface area contributed by atoms with Crippen LogP contribution in [0.5, 0.6) is 0 Å². The summed E-state index contributed by atoms with van der Waals surface area (Å²) in [6.45, 7) is 5.12. The van der Waals surface area contributed by atoms with Crippen LogP contribution in [0.4, 0.5) is 5.69 Å². The minimum Gasteiger partial charge on any atom is -0.383 e. The smallest absolute Gasteiger partial charge is 0.263 e. The SMILES string of the molecule is CCc1nc(-c2ncccn2)sc1C(=O)NCCNc1ccncc1C. The number of hydrogen-bond acceptors (Lipinski definition) is 7. The molecule has 0 saturated heterocycles. The molecular formula is C18H20N6OS. The summed E-state index contributed by atoms with van der Waals surface area (Å²) in [5, 5.41) is 6.90. The maximum absolute atomic E-state index is 12.5. The molecule has 7 nitrogen and oxygen atoms in total. The summed E-state index contributed by atoms with van der Waals surface area (Å²) >= 11 is 1.33. The monoisotopic (exact) mass is 368 g/mol. The normalized spacial score (nSPS) is 10.5. The van der Waals surface area contributed by atoms with Gasteiger partial charge in [0.15, 0.2) is 10.8 Å². The molecule has 2 N–H and O–H groups in total. The van der Waals surface area contributed by atoms with Crippen LogP contribution in [0.25, 0.3) is 10.8 Å². The van der Waals surface area contributed by atoms with Gasteiger partial charge < -0.3 is 10.6 Å². The average Bonchev–Trinajstić information content (AvgIpc) is 3.12. The second kappa shape index (κ2) is 8.48. The Labute approximate surface area is 156 Å². The van der Waals surface area contributed by atoms with E-state index in [1.807, 2.05) is 19.9 Å². The zero-order valence-corrected chi connectivity index (χ0v) is 15.5. The predicted molar refractivity (Wildman–Crippen MR) is 102 cm³/mol. The van der Waals surface area contributed by atoms with Gasteiger partial charge in [0.2, 0.25) is 0 Å². The van der Waals surface area contributed by atoms with Gasteiger partial charge in [-0.3, -0.25) is 9.78 Å². The fourth-order valence-corrected chi connectivity index (χ4v) is 3.42. The van der Waals surface area contributed by atoms with Crippen molar-refractivity contribution in [3.8, 4) is 10.8 Å². The number of amides is 1. The molecule has 134 valence electrons. The molecule has 0 spiro atoms. The lowest BCUT2D eigenvalue weighted by atomic mass is 10.2. The molecule has 0 aliphatic carbocycles. The Bertz CT molecular complexity index is 880. The molecular weight excluding hydrogens is 348 g/mol. The molecule has 3 heterocycles. The van der Waals surface area contributed by atoms with Gasteiger partial charge in [0.25, 0.3) is 5.91 Å². The molecule has 26 heavy (non-hydrogen) atoms. The Kier molecular flexibility index (Phi) is 5.85. The third-order valence-corrected chi connectivity index (χ3v) is 4.83. The van der Waals surface area contributed by atoms with Crippen LogP contribution in [-0.2, 0) is 6.42 Å². The number of thiazole rings is 1. The first-order valence-corrected chi connectivity index (χ1v) is 9.20. The first-order chi connectivity index (χ1) is 12.7. The van der Waals surface area contributed by atoms with Gasteiger partial charge in [-0.2, -0.15) is 0 Å². The van der Waals surface area contributed by atoms with Crippen molar-refractivity contribution >= 4 is 22.9 Å². The maximum Gasteiger partial charge on any atom is 0.263 e. The van der Waals surface area contributed by atoms with Crippen molar-refractivity contribution in [2.24, 2.45) is 0 Å². The Balaban J connectivity index is 1.61. The highest BCUT2D eigenvalue weighted by Crippen LogP contribution is 2.25. The number of pyridine rings is 1. The van der Waals surface area contributed by atoms with Gasteiger partial charge in [0, 0.05) is 43.6 Å². The molecule has 0 unspecified atom stereocenters. The topological polar surface area (TPSA) is 92.7 Å². The molecule has 0 fully saturated rings. The number of anilines is 1. The van der Waals surface area contributed by atoms with E-state index in [-0.39, 0.29) is 5.91 Å². The maximum atomic E-state index is 12.5. The summed E-state index contributed by atoms with van der Waals surface area (Å²) in [7, 11) is 0. The first kappa shape index (κ1) is 17.9. The van der Waals surface area contributed by atoms with E-state index in [4.69, 9.17) is 0 Å². The van der Waals surface area contributed by atoms with E-state index in [9.17, 15) is 4.79 Å². The summed E-state index contributed by atoms with van der Waals surface area (Å²) in [5.41, 5.74) is 2.86. The third kappa shape index (κ3) is 4.20. The van der Waals surface area contributed by atoms with Crippen molar-refractivity contribution in [1.82, 2.24) is 25.3 Å². The number of aromatic nitrogens is 4. The van der Waals surface area contributed by atoms with Crippen LogP contribution in [0.2, 0.25) is 0 Å². The van der Waals surface area contributed by atoms with E-state index in [0.717, 1.165) is 16.9 Å². The highest BCUT2D eigenvalue weighted by Gasteiger charge is 2.18. The molecule has 3 aromatic rings. The van der Waals surface area contributed by atoms with Gasteiger partial charge in [-0.15, -0.1) is 11.3 Å². The number of nitrogens with zero attached hydrogens (tertiary/aromatic N) is 4. The summed E-state index contributed by atoms with van der Waals surface area (Å²) < 4.78 is 0. The number of carbonyl (C=O) groups excluding carboxylic acids is 1. The standard InChI is InChI=1S/C18H20N6OS/c1-3-13-15(26-18(24-13)16-21-6-4-7-22-16)17(25)23-10-9-20-14-5-8-19-11-12(14)2/h4-8,11H,3,9-10H2,1-2H3,(H,19,20)(H,23,25). The summed E-state index contributed by atoms with van der Waals surface area (Å²) in [4.78, 5) is 30.1. The molecule has 3 aromatic heterocycles. The zero-order chi connectivity index (χ0) is 18.4. The lowest BCUT2D eigenvalue weighted by Gasteiger charge is -2.09. The van der Waals surface area contributed by atoms with Gasteiger partial charge in [-0.25, -0.2) is 15.0 Å². The van der Waals surface area contributed by atoms with Crippen LogP contribution in [0.1, 0.15) is 27.9 Å². The summed E-state index contributed by atoms with van der Waals surface area (Å²) in [5.74, 6) is 0.427. The summed E-state index contributed by atoms with van der Waals surface area (Å²) in [6, 6.07) is 3.67. The Morgan fingerprint density at radius 3 is 2.73 bits per heavy atom. The van der Waals surface area contributed by atoms with Crippen LogP contribution in [0.15, 0.2) is 36.9 Å². The molecule has 0 aliphatic heterocycles. The van der Waals surface area contributed by atoms with E-state index < -0.39 is 0 Å². The number of hydrogen-bond donors (Lipinski definition) is 2. The third-order valence-electron chi connectivity index (χ3n) is 3.74. The second-order valence-corrected chi connectivity index (χ2v) is 6.59. The van der Waals surface area contributed by atoms with Crippen LogP contribution in [0.3, 0.4) is 0 Å². The van der Waals surface area contributed by atoms with Crippen molar-refractivity contribution < 1.29 is 4.79 Å². The minimum absolute atomic E-state index is 0.116. The van der Waals surface area contributed by atoms with E-state index in [1.165, 1.54) is 11.3 Å². The molecule has 0 atom stereocenters. The number of aryl methyl sites for hydroxylation is 2. The Hall–Kier alpha value is -2.87. The van der Waals surface area contributed by atoms with Gasteiger partial charge in [0.1, 0.15) is 4.88 Å². The number of rotatable bonds is 7. The number of carbonyl (C=O) groups is 1. The van der Waals surface area contributed by atoms with E-state index in [2.05, 4.69) is 30.6 Å². The predicted octanol–water partition coefficient (Wildman–Crippen LogP) is 2.71. The van der Waals surface area contributed by atoms with E-state index >= 15 is 0 Å².